The molecule has 0 spiro atoms. The average molecular weight is 195 g/mol. The Morgan fingerprint density at radius 3 is 2.64 bits per heavy atom. The van der Waals surface area contributed by atoms with Crippen LogP contribution in [0.2, 0.25) is 0 Å². The summed E-state index contributed by atoms with van der Waals surface area (Å²) in [5.74, 6) is 0.00367. The number of rotatable bonds is 2. The molecule has 78 valence electrons. The topological polar surface area (TPSA) is 49.3 Å². The lowest BCUT2D eigenvalue weighted by molar-refractivity contribution is -0.132. The summed E-state index contributed by atoms with van der Waals surface area (Å²) in [4.78, 5) is 10.7. The summed E-state index contributed by atoms with van der Waals surface area (Å²) >= 11 is 0. The standard InChI is InChI=1S/C11H17NO2/c13-11(14)9-5-6-10(12-7-9)8-3-1-2-4-8/h5,8,10,12H,1-4,6-7H2,(H,13,14). The molecule has 0 radical (unpaired) electrons. The quantitative estimate of drug-likeness (QED) is 0.703. The third-order valence-corrected chi connectivity index (χ3v) is 3.42. The zero-order valence-electron chi connectivity index (χ0n) is 8.33. The molecule has 0 bridgehead atoms. The number of carboxylic acids is 1. The third kappa shape index (κ3) is 1.98. The van der Waals surface area contributed by atoms with Crippen LogP contribution in [0, 0.1) is 5.92 Å². The van der Waals surface area contributed by atoms with Gasteiger partial charge in [0.05, 0.1) is 0 Å². The fraction of sp³-hybridized carbons (Fsp3) is 0.727. The second-order valence-corrected chi connectivity index (χ2v) is 4.30. The van der Waals surface area contributed by atoms with Crippen LogP contribution in [0.25, 0.3) is 0 Å². The molecule has 3 nitrogen and oxygen atoms in total. The highest BCUT2D eigenvalue weighted by molar-refractivity contribution is 5.87. The molecular weight excluding hydrogens is 178 g/mol. The number of carbonyl (C=O) groups is 1. The fourth-order valence-electron chi connectivity index (χ4n) is 2.55. The van der Waals surface area contributed by atoms with Gasteiger partial charge in [0.2, 0.25) is 0 Å². The minimum Gasteiger partial charge on any atom is -0.478 e. The van der Waals surface area contributed by atoms with E-state index in [9.17, 15) is 4.79 Å². The van der Waals surface area contributed by atoms with Crippen LogP contribution < -0.4 is 5.32 Å². The first-order chi connectivity index (χ1) is 6.77. The molecule has 0 amide bonds. The number of nitrogens with one attached hydrogen (secondary N) is 1. The van der Waals surface area contributed by atoms with Crippen molar-refractivity contribution in [1.82, 2.24) is 5.32 Å². The molecule has 2 N–H and O–H groups in total. The van der Waals surface area contributed by atoms with Crippen molar-refractivity contribution in [3.8, 4) is 0 Å². The Kier molecular flexibility index (Phi) is 2.87. The molecule has 14 heavy (non-hydrogen) atoms. The van der Waals surface area contributed by atoms with E-state index in [0.29, 0.717) is 18.2 Å². The predicted molar refractivity (Wildman–Crippen MR) is 54.1 cm³/mol. The van der Waals surface area contributed by atoms with Gasteiger partial charge in [-0.05, 0) is 25.2 Å². The van der Waals surface area contributed by atoms with E-state index in [4.69, 9.17) is 5.11 Å². The number of carboxylic acid groups (broad SMARTS) is 1. The Labute approximate surface area is 84.2 Å². The molecule has 1 aliphatic heterocycles. The van der Waals surface area contributed by atoms with Crippen molar-refractivity contribution in [2.75, 3.05) is 6.54 Å². The monoisotopic (exact) mass is 195 g/mol. The minimum absolute atomic E-state index is 0.527. The average Bonchev–Trinajstić information content (AvgIpc) is 2.71. The zero-order chi connectivity index (χ0) is 9.97. The molecule has 1 atom stereocenters. The van der Waals surface area contributed by atoms with Gasteiger partial charge in [0.1, 0.15) is 0 Å². The molecular formula is C11H17NO2. The van der Waals surface area contributed by atoms with Gasteiger partial charge in [0.25, 0.3) is 0 Å². The van der Waals surface area contributed by atoms with Gasteiger partial charge in [-0.3, -0.25) is 0 Å². The van der Waals surface area contributed by atoms with E-state index in [1.807, 2.05) is 6.08 Å². The molecule has 2 aliphatic rings. The van der Waals surface area contributed by atoms with Crippen LogP contribution in [0.4, 0.5) is 0 Å². The van der Waals surface area contributed by atoms with Gasteiger partial charge in [-0.2, -0.15) is 0 Å². The molecule has 1 aliphatic carbocycles. The summed E-state index contributed by atoms with van der Waals surface area (Å²) < 4.78 is 0. The Morgan fingerprint density at radius 2 is 2.14 bits per heavy atom. The lowest BCUT2D eigenvalue weighted by atomic mass is 9.92. The highest BCUT2D eigenvalue weighted by atomic mass is 16.4. The van der Waals surface area contributed by atoms with Crippen LogP contribution >= 0.6 is 0 Å². The Bertz CT molecular complexity index is 254. The van der Waals surface area contributed by atoms with Gasteiger partial charge in [0, 0.05) is 18.2 Å². The maximum Gasteiger partial charge on any atom is 0.332 e. The van der Waals surface area contributed by atoms with Crippen LogP contribution in [0.5, 0.6) is 0 Å². The fourth-order valence-corrected chi connectivity index (χ4v) is 2.55. The smallest absolute Gasteiger partial charge is 0.332 e. The summed E-state index contributed by atoms with van der Waals surface area (Å²) in [6, 6.07) is 0.528. The van der Waals surface area contributed by atoms with Gasteiger partial charge in [-0.1, -0.05) is 18.9 Å². The van der Waals surface area contributed by atoms with E-state index < -0.39 is 5.97 Å². The molecule has 1 fully saturated rings. The SMILES string of the molecule is O=C(O)C1=CCC(C2CCCC2)NC1. The van der Waals surface area contributed by atoms with Gasteiger partial charge in [0.15, 0.2) is 0 Å². The zero-order valence-corrected chi connectivity index (χ0v) is 8.33. The molecule has 1 saturated carbocycles. The van der Waals surface area contributed by atoms with E-state index in [2.05, 4.69) is 5.32 Å². The van der Waals surface area contributed by atoms with E-state index in [-0.39, 0.29) is 0 Å². The number of hydrogen-bond donors (Lipinski definition) is 2. The van der Waals surface area contributed by atoms with Crippen molar-refractivity contribution in [2.45, 2.75) is 38.1 Å². The number of aliphatic carboxylic acids is 1. The van der Waals surface area contributed by atoms with Crippen molar-refractivity contribution >= 4 is 5.97 Å². The molecule has 0 aromatic heterocycles. The van der Waals surface area contributed by atoms with Crippen molar-refractivity contribution in [2.24, 2.45) is 5.92 Å². The maximum absolute atomic E-state index is 10.7. The Hall–Kier alpha value is -0.830. The van der Waals surface area contributed by atoms with E-state index in [0.717, 1.165) is 12.3 Å². The molecule has 0 aromatic carbocycles. The van der Waals surface area contributed by atoms with Crippen molar-refractivity contribution in [3.63, 3.8) is 0 Å². The van der Waals surface area contributed by atoms with E-state index in [1.165, 1.54) is 25.7 Å². The summed E-state index contributed by atoms with van der Waals surface area (Å²) in [6.07, 6.45) is 8.10. The second-order valence-electron chi connectivity index (χ2n) is 4.30. The normalized spacial score (nSPS) is 28.9. The van der Waals surface area contributed by atoms with Crippen LogP contribution in [0.15, 0.2) is 11.6 Å². The largest absolute Gasteiger partial charge is 0.478 e. The Balaban J connectivity index is 1.91. The summed E-state index contributed by atoms with van der Waals surface area (Å²) in [5.41, 5.74) is 0.527. The van der Waals surface area contributed by atoms with Crippen molar-refractivity contribution in [1.29, 1.82) is 0 Å². The summed E-state index contributed by atoms with van der Waals surface area (Å²) in [7, 11) is 0. The molecule has 3 heteroatoms. The summed E-state index contributed by atoms with van der Waals surface area (Å²) in [5, 5.41) is 12.1. The third-order valence-electron chi connectivity index (χ3n) is 3.42. The molecule has 1 unspecified atom stereocenters. The lowest BCUT2D eigenvalue weighted by Gasteiger charge is -2.27. The van der Waals surface area contributed by atoms with Gasteiger partial charge >= 0.3 is 5.97 Å². The first-order valence-corrected chi connectivity index (χ1v) is 5.43. The number of hydrogen-bond acceptors (Lipinski definition) is 2. The van der Waals surface area contributed by atoms with Crippen LogP contribution in [0.1, 0.15) is 32.1 Å². The van der Waals surface area contributed by atoms with E-state index in [1.54, 1.807) is 0 Å². The van der Waals surface area contributed by atoms with Gasteiger partial charge in [-0.25, -0.2) is 4.79 Å². The first kappa shape index (κ1) is 9.71. The highest BCUT2D eigenvalue weighted by Crippen LogP contribution is 2.30. The van der Waals surface area contributed by atoms with Crippen molar-refractivity contribution in [3.05, 3.63) is 11.6 Å². The molecule has 0 aromatic rings. The predicted octanol–water partition coefficient (Wildman–Crippen LogP) is 1.55. The minimum atomic E-state index is -0.776. The van der Waals surface area contributed by atoms with Gasteiger partial charge in [-0.15, -0.1) is 0 Å². The summed E-state index contributed by atoms with van der Waals surface area (Å²) in [6.45, 7) is 0.538. The Morgan fingerprint density at radius 1 is 1.43 bits per heavy atom. The van der Waals surface area contributed by atoms with Crippen LogP contribution in [0.3, 0.4) is 0 Å². The lowest BCUT2D eigenvalue weighted by Crippen LogP contribution is -2.40. The van der Waals surface area contributed by atoms with Crippen molar-refractivity contribution < 1.29 is 9.90 Å². The van der Waals surface area contributed by atoms with E-state index >= 15 is 0 Å². The molecule has 0 saturated heterocycles. The van der Waals surface area contributed by atoms with Crippen LogP contribution in [-0.2, 0) is 4.79 Å². The highest BCUT2D eigenvalue weighted by Gasteiger charge is 2.26. The second kappa shape index (κ2) is 4.13. The van der Waals surface area contributed by atoms with Gasteiger partial charge < -0.3 is 10.4 Å². The van der Waals surface area contributed by atoms with Crippen LogP contribution in [-0.4, -0.2) is 23.7 Å². The molecule has 2 rings (SSSR count). The molecule has 1 heterocycles. The first-order valence-electron chi connectivity index (χ1n) is 5.43. The maximum atomic E-state index is 10.7.